The second-order valence-corrected chi connectivity index (χ2v) is 7.02. The van der Waals surface area contributed by atoms with Crippen LogP contribution >= 0.6 is 12.2 Å². The summed E-state index contributed by atoms with van der Waals surface area (Å²) in [5.41, 5.74) is 6.82. The normalized spacial score (nSPS) is 10.1. The highest BCUT2D eigenvalue weighted by Crippen LogP contribution is 2.13. The molecule has 0 aliphatic carbocycles. The van der Waals surface area contributed by atoms with E-state index in [1.165, 1.54) is 12.8 Å². The Balaban J connectivity index is 1.76. The summed E-state index contributed by atoms with van der Waals surface area (Å²) < 4.78 is 5.67. The van der Waals surface area contributed by atoms with Gasteiger partial charge in [0.2, 0.25) is 0 Å². The summed E-state index contributed by atoms with van der Waals surface area (Å²) in [7, 11) is 0. The molecule has 3 N–H and O–H groups in total. The molecule has 0 aliphatic heterocycles. The van der Waals surface area contributed by atoms with Crippen LogP contribution in [-0.2, 0) is 0 Å². The van der Waals surface area contributed by atoms with E-state index in [9.17, 15) is 9.59 Å². The highest BCUT2D eigenvalue weighted by molar-refractivity contribution is 7.80. The van der Waals surface area contributed by atoms with Crippen molar-refractivity contribution in [3.05, 3.63) is 65.2 Å². The third-order valence-electron chi connectivity index (χ3n) is 4.29. The molecule has 2 rings (SSSR count). The van der Waals surface area contributed by atoms with E-state index in [2.05, 4.69) is 23.1 Å². The van der Waals surface area contributed by atoms with Crippen molar-refractivity contribution in [3.8, 4) is 5.75 Å². The monoisotopic (exact) mass is 413 g/mol. The molecule has 0 aliphatic rings. The average Bonchev–Trinajstić information content (AvgIpc) is 2.72. The van der Waals surface area contributed by atoms with E-state index in [0.29, 0.717) is 17.7 Å². The van der Waals surface area contributed by atoms with Gasteiger partial charge in [0.05, 0.1) is 6.61 Å². The molecule has 0 atom stereocenters. The Morgan fingerprint density at radius 1 is 0.931 bits per heavy atom. The van der Waals surface area contributed by atoms with Crippen LogP contribution in [0.5, 0.6) is 5.75 Å². The Morgan fingerprint density at radius 3 is 2.34 bits per heavy atom. The van der Waals surface area contributed by atoms with Crippen molar-refractivity contribution in [2.45, 2.75) is 39.5 Å². The van der Waals surface area contributed by atoms with Gasteiger partial charge in [-0.2, -0.15) is 0 Å². The first-order valence-electron chi connectivity index (χ1n) is 9.71. The van der Waals surface area contributed by atoms with E-state index in [-0.39, 0.29) is 16.9 Å². The van der Waals surface area contributed by atoms with Crippen molar-refractivity contribution in [2.24, 2.45) is 0 Å². The third kappa shape index (κ3) is 7.54. The van der Waals surface area contributed by atoms with Crippen LogP contribution in [-0.4, -0.2) is 23.5 Å². The molecule has 0 saturated heterocycles. The Kier molecular flexibility index (Phi) is 9.11. The third-order valence-corrected chi connectivity index (χ3v) is 4.49. The van der Waals surface area contributed by atoms with Gasteiger partial charge in [-0.25, -0.2) is 0 Å². The number of amides is 2. The zero-order valence-electron chi connectivity index (χ0n) is 16.8. The summed E-state index contributed by atoms with van der Waals surface area (Å²) in [5, 5.41) is 2.55. The first-order valence-corrected chi connectivity index (χ1v) is 10.1. The molecule has 0 fully saturated rings. The van der Waals surface area contributed by atoms with Crippen LogP contribution in [0.3, 0.4) is 0 Å². The van der Waals surface area contributed by atoms with Gasteiger partial charge in [-0.05, 0) is 61.5 Å². The van der Waals surface area contributed by atoms with Gasteiger partial charge in [0.1, 0.15) is 5.75 Å². The molecule has 0 spiro atoms. The summed E-state index contributed by atoms with van der Waals surface area (Å²) in [6, 6.07) is 14.0. The van der Waals surface area contributed by atoms with Crippen molar-refractivity contribution in [1.82, 2.24) is 16.2 Å². The van der Waals surface area contributed by atoms with E-state index in [1.807, 2.05) is 19.1 Å². The summed E-state index contributed by atoms with van der Waals surface area (Å²) >= 11 is 5.06. The highest BCUT2D eigenvalue weighted by Gasteiger charge is 2.11. The number of thiocarbonyl (C=S) groups is 1. The number of hydrogen-bond acceptors (Lipinski definition) is 4. The first kappa shape index (κ1) is 22.4. The van der Waals surface area contributed by atoms with Crippen molar-refractivity contribution in [2.75, 3.05) is 6.61 Å². The molecule has 0 bridgehead atoms. The number of carbonyl (C=O) groups is 2. The minimum Gasteiger partial charge on any atom is -0.494 e. The topological polar surface area (TPSA) is 79.5 Å². The van der Waals surface area contributed by atoms with E-state index < -0.39 is 0 Å². The number of nitrogens with one attached hydrogen (secondary N) is 3. The van der Waals surface area contributed by atoms with Gasteiger partial charge in [-0.1, -0.05) is 44.4 Å². The fourth-order valence-electron chi connectivity index (χ4n) is 2.64. The van der Waals surface area contributed by atoms with Gasteiger partial charge >= 0.3 is 0 Å². The number of hydrazine groups is 1. The van der Waals surface area contributed by atoms with Crippen LogP contribution in [0, 0.1) is 6.92 Å². The Labute approximate surface area is 177 Å². The smallest absolute Gasteiger partial charge is 0.269 e. The summed E-state index contributed by atoms with van der Waals surface area (Å²) in [6.07, 6.45) is 4.58. The van der Waals surface area contributed by atoms with Crippen LogP contribution in [0.2, 0.25) is 0 Å². The van der Waals surface area contributed by atoms with Gasteiger partial charge < -0.3 is 4.74 Å². The maximum atomic E-state index is 12.2. The number of hydrogen-bond donors (Lipinski definition) is 3. The number of aryl methyl sites for hydroxylation is 1. The lowest BCUT2D eigenvalue weighted by atomic mass is 10.1. The van der Waals surface area contributed by atoms with Crippen molar-refractivity contribution < 1.29 is 14.3 Å². The molecule has 0 saturated carbocycles. The number of rotatable bonds is 8. The van der Waals surface area contributed by atoms with Crippen LogP contribution in [0.1, 0.15) is 58.9 Å². The summed E-state index contributed by atoms with van der Waals surface area (Å²) in [6.45, 7) is 4.68. The number of ether oxygens (including phenoxy) is 1. The summed E-state index contributed by atoms with van der Waals surface area (Å²) in [4.78, 5) is 24.4. The molecule has 0 heterocycles. The van der Waals surface area contributed by atoms with Gasteiger partial charge in [0, 0.05) is 11.1 Å². The minimum absolute atomic E-state index is 0.0126. The molecular weight excluding hydrogens is 386 g/mol. The van der Waals surface area contributed by atoms with Crippen LogP contribution in [0.15, 0.2) is 48.5 Å². The predicted molar refractivity (Wildman–Crippen MR) is 118 cm³/mol. The van der Waals surface area contributed by atoms with Gasteiger partial charge in [-0.3, -0.25) is 25.8 Å². The zero-order chi connectivity index (χ0) is 21.1. The lowest BCUT2D eigenvalue weighted by Crippen LogP contribution is -2.48. The Morgan fingerprint density at radius 2 is 1.66 bits per heavy atom. The molecule has 0 unspecified atom stereocenters. The SMILES string of the molecule is CCCCCCOc1ccc(C(=O)NNC(=S)NC(=O)c2ccccc2C)cc1. The first-order chi connectivity index (χ1) is 14.0. The molecule has 0 radical (unpaired) electrons. The van der Waals surface area contributed by atoms with Gasteiger partial charge in [-0.15, -0.1) is 0 Å². The molecule has 6 nitrogen and oxygen atoms in total. The minimum atomic E-state index is -0.369. The number of unbranched alkanes of at least 4 members (excludes halogenated alkanes) is 3. The second-order valence-electron chi connectivity index (χ2n) is 6.61. The lowest BCUT2D eigenvalue weighted by Gasteiger charge is -2.12. The van der Waals surface area contributed by atoms with E-state index in [0.717, 1.165) is 24.2 Å². The van der Waals surface area contributed by atoms with Crippen molar-refractivity contribution in [3.63, 3.8) is 0 Å². The van der Waals surface area contributed by atoms with Crippen LogP contribution < -0.4 is 20.9 Å². The predicted octanol–water partition coefficient (Wildman–Crippen LogP) is 3.90. The van der Waals surface area contributed by atoms with Gasteiger partial charge in [0.25, 0.3) is 11.8 Å². The molecule has 2 aromatic rings. The lowest BCUT2D eigenvalue weighted by molar-refractivity contribution is 0.0934. The summed E-state index contributed by atoms with van der Waals surface area (Å²) in [5.74, 6) is 0.0225. The van der Waals surface area contributed by atoms with Gasteiger partial charge in [0.15, 0.2) is 5.11 Å². The molecule has 2 aromatic carbocycles. The second kappa shape index (κ2) is 11.8. The van der Waals surface area contributed by atoms with Crippen LogP contribution in [0.25, 0.3) is 0 Å². The highest BCUT2D eigenvalue weighted by atomic mass is 32.1. The molecule has 0 aromatic heterocycles. The van der Waals surface area contributed by atoms with E-state index >= 15 is 0 Å². The van der Waals surface area contributed by atoms with E-state index in [1.54, 1.807) is 36.4 Å². The largest absolute Gasteiger partial charge is 0.494 e. The van der Waals surface area contributed by atoms with E-state index in [4.69, 9.17) is 17.0 Å². The Bertz CT molecular complexity index is 837. The van der Waals surface area contributed by atoms with Crippen molar-refractivity contribution >= 4 is 29.1 Å². The molecule has 154 valence electrons. The number of benzene rings is 2. The number of carbonyl (C=O) groups excluding carboxylic acids is 2. The quantitative estimate of drug-likeness (QED) is 0.347. The maximum Gasteiger partial charge on any atom is 0.269 e. The maximum absolute atomic E-state index is 12.2. The molecular formula is C22H27N3O3S. The van der Waals surface area contributed by atoms with Crippen molar-refractivity contribution in [1.29, 1.82) is 0 Å². The fourth-order valence-corrected chi connectivity index (χ4v) is 2.78. The molecule has 2 amide bonds. The average molecular weight is 414 g/mol. The zero-order valence-corrected chi connectivity index (χ0v) is 17.6. The molecule has 7 heteroatoms. The standard InChI is InChI=1S/C22H27N3O3S/c1-3-4-5-8-15-28-18-13-11-17(12-14-18)20(26)24-25-22(29)23-21(27)19-10-7-6-9-16(19)2/h6-7,9-14H,3-5,8,15H2,1-2H3,(H,24,26)(H2,23,25,27,29). The fraction of sp³-hybridized carbons (Fsp3) is 0.318. The van der Waals surface area contributed by atoms with Crippen LogP contribution in [0.4, 0.5) is 0 Å². The Hall–Kier alpha value is -2.93. The molecule has 29 heavy (non-hydrogen) atoms.